The number of nitrogens with zero attached hydrogens (tertiary/aromatic N) is 2. The van der Waals surface area contributed by atoms with Gasteiger partial charge in [0.25, 0.3) is 0 Å². The highest BCUT2D eigenvalue weighted by Gasteiger charge is 2.41. The fraction of sp³-hybridized carbons (Fsp3) is 0. The minimum Gasteiger partial charge on any atom is -0.311 e. The first-order valence-corrected chi connectivity index (χ1v) is 21.6. The van der Waals surface area contributed by atoms with Crippen LogP contribution in [0.3, 0.4) is 0 Å². The van der Waals surface area contributed by atoms with Crippen LogP contribution in [0.5, 0.6) is 0 Å². The Morgan fingerprint density at radius 1 is 0.281 bits per heavy atom. The van der Waals surface area contributed by atoms with Crippen LogP contribution in [0.25, 0.3) is 38.6 Å². The van der Waals surface area contributed by atoms with Crippen molar-refractivity contribution in [3.8, 4) is 16.8 Å². The van der Waals surface area contributed by atoms with E-state index in [1.165, 1.54) is 53.7 Å². The van der Waals surface area contributed by atoms with Crippen LogP contribution in [-0.4, -0.2) is 12.6 Å². The van der Waals surface area contributed by atoms with E-state index in [4.69, 9.17) is 0 Å². The van der Waals surface area contributed by atoms with Gasteiger partial charge in [0, 0.05) is 33.5 Å². The van der Waals surface area contributed by atoms with E-state index in [1.807, 2.05) is 0 Å². The molecule has 0 saturated heterocycles. The Bertz CT molecular complexity index is 2760. The molecule has 0 radical (unpaired) electrons. The van der Waals surface area contributed by atoms with Crippen LogP contribution in [0.4, 0.5) is 17.1 Å². The fourth-order valence-corrected chi connectivity index (χ4v) is 13.5. The summed E-state index contributed by atoms with van der Waals surface area (Å²) < 4.78 is 2.38. The van der Waals surface area contributed by atoms with Gasteiger partial charge in [0.15, 0.2) is 8.07 Å². The largest absolute Gasteiger partial charge is 0.311 e. The molecule has 0 fully saturated rings. The molecule has 1 heterocycles. The first kappa shape index (κ1) is 34.3. The standard InChI is InChI=1S/C54H40N2Si/c1-5-17-41(18-6-1)42-29-31-43(32-30-42)55(44-33-35-46(36-34-44)56-53-27-15-13-25-51(53)52-26-14-16-28-54(52)56)45-37-39-50(40-38-45)57(47-19-7-2-8-20-47,48-21-9-3-10-22-48)49-23-11-4-12-24-49/h1-40H. The van der Waals surface area contributed by atoms with Gasteiger partial charge in [0.2, 0.25) is 0 Å². The van der Waals surface area contributed by atoms with E-state index < -0.39 is 8.07 Å². The molecule has 0 saturated carbocycles. The number of hydrogen-bond acceptors (Lipinski definition) is 1. The minimum absolute atomic E-state index is 1.09. The molecule has 3 heteroatoms. The molecule has 0 atom stereocenters. The molecule has 270 valence electrons. The molecule has 0 bridgehead atoms. The van der Waals surface area contributed by atoms with E-state index in [-0.39, 0.29) is 0 Å². The number of para-hydroxylation sites is 2. The summed E-state index contributed by atoms with van der Waals surface area (Å²) in [5.74, 6) is 0. The lowest BCUT2D eigenvalue weighted by Crippen LogP contribution is -2.74. The molecular formula is C54H40N2Si. The third-order valence-electron chi connectivity index (χ3n) is 11.4. The van der Waals surface area contributed by atoms with Gasteiger partial charge < -0.3 is 9.47 Å². The number of rotatable bonds is 9. The molecule has 57 heavy (non-hydrogen) atoms. The number of hydrogen-bond donors (Lipinski definition) is 0. The molecular weight excluding hydrogens is 705 g/mol. The van der Waals surface area contributed by atoms with Gasteiger partial charge in [0.1, 0.15) is 0 Å². The molecule has 1 aromatic heterocycles. The molecule has 0 amide bonds. The lowest BCUT2D eigenvalue weighted by Gasteiger charge is -2.35. The molecule has 0 aliphatic heterocycles. The topological polar surface area (TPSA) is 8.17 Å². The first-order valence-electron chi connectivity index (χ1n) is 19.6. The Balaban J connectivity index is 1.12. The molecule has 2 nitrogen and oxygen atoms in total. The highest BCUT2D eigenvalue weighted by molar-refractivity contribution is 7.19. The average molecular weight is 745 g/mol. The Labute approximate surface area is 335 Å². The summed E-state index contributed by atoms with van der Waals surface area (Å²) in [5.41, 5.74) is 9.25. The predicted octanol–water partition coefficient (Wildman–Crippen LogP) is 11.3. The van der Waals surface area contributed by atoms with E-state index in [0.717, 1.165) is 22.7 Å². The molecule has 0 N–H and O–H groups in total. The van der Waals surface area contributed by atoms with E-state index in [0.29, 0.717) is 0 Å². The van der Waals surface area contributed by atoms with Crippen LogP contribution in [0, 0.1) is 0 Å². The van der Waals surface area contributed by atoms with Crippen molar-refractivity contribution in [3.63, 3.8) is 0 Å². The van der Waals surface area contributed by atoms with Gasteiger partial charge in [0.05, 0.1) is 11.0 Å². The molecule has 0 aliphatic carbocycles. The number of aromatic nitrogens is 1. The average Bonchev–Trinajstić information content (AvgIpc) is 3.64. The van der Waals surface area contributed by atoms with Gasteiger partial charge in [-0.15, -0.1) is 0 Å². The minimum atomic E-state index is -2.67. The third kappa shape index (κ3) is 6.06. The van der Waals surface area contributed by atoms with Crippen molar-refractivity contribution in [1.29, 1.82) is 0 Å². The van der Waals surface area contributed by atoms with Gasteiger partial charge >= 0.3 is 0 Å². The normalized spacial score (nSPS) is 11.5. The summed E-state index contributed by atoms with van der Waals surface area (Å²) in [6, 6.07) is 88.7. The summed E-state index contributed by atoms with van der Waals surface area (Å²) in [5, 5.41) is 7.96. The molecule has 0 aliphatic rings. The zero-order valence-electron chi connectivity index (χ0n) is 31.5. The number of benzene rings is 9. The predicted molar refractivity (Wildman–Crippen MR) is 245 cm³/mol. The third-order valence-corrected chi connectivity index (χ3v) is 16.2. The highest BCUT2D eigenvalue weighted by Crippen LogP contribution is 2.37. The van der Waals surface area contributed by atoms with Crippen molar-refractivity contribution in [2.24, 2.45) is 0 Å². The summed E-state index contributed by atoms with van der Waals surface area (Å²) in [6.45, 7) is 0. The van der Waals surface area contributed by atoms with Crippen molar-refractivity contribution < 1.29 is 0 Å². The second kappa shape index (κ2) is 14.8. The van der Waals surface area contributed by atoms with Crippen LogP contribution < -0.4 is 25.6 Å². The molecule has 0 unspecified atom stereocenters. The maximum absolute atomic E-state index is 2.67. The monoisotopic (exact) mass is 744 g/mol. The van der Waals surface area contributed by atoms with Gasteiger partial charge in [-0.1, -0.05) is 182 Å². The van der Waals surface area contributed by atoms with E-state index in [9.17, 15) is 0 Å². The van der Waals surface area contributed by atoms with Crippen molar-refractivity contribution in [1.82, 2.24) is 4.57 Å². The maximum atomic E-state index is 2.38. The van der Waals surface area contributed by atoms with Crippen LogP contribution in [0.15, 0.2) is 243 Å². The second-order valence-corrected chi connectivity index (χ2v) is 18.3. The quantitative estimate of drug-likeness (QED) is 0.106. The van der Waals surface area contributed by atoms with Gasteiger partial charge in [-0.2, -0.15) is 0 Å². The Kier molecular flexibility index (Phi) is 8.90. The lowest BCUT2D eigenvalue weighted by molar-refractivity contribution is 1.17. The van der Waals surface area contributed by atoms with Crippen LogP contribution in [0.1, 0.15) is 0 Å². The van der Waals surface area contributed by atoms with E-state index in [2.05, 4.69) is 252 Å². The number of anilines is 3. The molecule has 9 aromatic carbocycles. The van der Waals surface area contributed by atoms with Crippen LogP contribution >= 0.6 is 0 Å². The Hall–Kier alpha value is -7.20. The number of fused-ring (bicyclic) bond motifs is 3. The maximum Gasteiger partial charge on any atom is 0.179 e. The van der Waals surface area contributed by atoms with Crippen molar-refractivity contribution in [3.05, 3.63) is 243 Å². The van der Waals surface area contributed by atoms with Crippen LogP contribution in [-0.2, 0) is 0 Å². The van der Waals surface area contributed by atoms with Crippen LogP contribution in [0.2, 0.25) is 0 Å². The zero-order chi connectivity index (χ0) is 38.0. The second-order valence-electron chi connectivity index (χ2n) is 14.5. The van der Waals surface area contributed by atoms with E-state index in [1.54, 1.807) is 0 Å². The van der Waals surface area contributed by atoms with Gasteiger partial charge in [-0.3, -0.25) is 0 Å². The molecule has 10 rings (SSSR count). The highest BCUT2D eigenvalue weighted by atomic mass is 28.3. The first-order chi connectivity index (χ1) is 28.3. The summed E-state index contributed by atoms with van der Waals surface area (Å²) in [7, 11) is -2.67. The zero-order valence-corrected chi connectivity index (χ0v) is 32.5. The lowest BCUT2D eigenvalue weighted by atomic mass is 10.0. The van der Waals surface area contributed by atoms with Gasteiger partial charge in [-0.05, 0) is 92.5 Å². The van der Waals surface area contributed by atoms with Gasteiger partial charge in [-0.25, -0.2) is 0 Å². The molecule has 10 aromatic rings. The summed E-state index contributed by atoms with van der Waals surface area (Å²) >= 11 is 0. The van der Waals surface area contributed by atoms with E-state index >= 15 is 0 Å². The van der Waals surface area contributed by atoms with Crippen molar-refractivity contribution in [2.45, 2.75) is 0 Å². The van der Waals surface area contributed by atoms with Crippen molar-refractivity contribution in [2.75, 3.05) is 4.90 Å². The SMILES string of the molecule is c1ccc(-c2ccc(N(c3ccc(-n4c5ccccc5c5ccccc54)cc3)c3ccc([Si](c4ccccc4)(c4ccccc4)c4ccccc4)cc3)cc2)cc1. The van der Waals surface area contributed by atoms with Crippen molar-refractivity contribution >= 4 is 67.7 Å². The Morgan fingerprint density at radius 2 is 0.614 bits per heavy atom. The Morgan fingerprint density at radius 3 is 1.07 bits per heavy atom. The summed E-state index contributed by atoms with van der Waals surface area (Å²) in [6.07, 6.45) is 0. The smallest absolute Gasteiger partial charge is 0.179 e. The molecule has 0 spiro atoms. The fourth-order valence-electron chi connectivity index (χ4n) is 8.76. The summed E-state index contributed by atoms with van der Waals surface area (Å²) in [4.78, 5) is 2.38.